The molecule has 168 valence electrons. The minimum absolute atomic E-state index is 0.0675. The molecule has 0 aromatic heterocycles. The van der Waals surface area contributed by atoms with Crippen molar-refractivity contribution in [2.24, 2.45) is 29.1 Å². The van der Waals surface area contributed by atoms with E-state index in [1.807, 2.05) is 0 Å². The topological polar surface area (TPSA) is 42.1 Å². The summed E-state index contributed by atoms with van der Waals surface area (Å²) < 4.78 is 12.1. The van der Waals surface area contributed by atoms with E-state index in [0.717, 1.165) is 45.0 Å². The highest BCUT2D eigenvalue weighted by atomic mass is 16.6. The van der Waals surface area contributed by atoms with Crippen LogP contribution in [0.5, 0.6) is 0 Å². The van der Waals surface area contributed by atoms with Crippen molar-refractivity contribution in [3.63, 3.8) is 0 Å². The molecule has 0 bridgehead atoms. The third-order valence-corrected chi connectivity index (χ3v) is 9.61. The first-order valence-corrected chi connectivity index (χ1v) is 12.7. The van der Waals surface area contributed by atoms with Gasteiger partial charge in [-0.2, -0.15) is 0 Å². The van der Waals surface area contributed by atoms with Gasteiger partial charge in [-0.3, -0.25) is 4.79 Å². The fourth-order valence-corrected chi connectivity index (χ4v) is 7.76. The molecule has 0 radical (unpaired) electrons. The van der Waals surface area contributed by atoms with Crippen molar-refractivity contribution in [2.45, 2.75) is 70.0 Å². The van der Waals surface area contributed by atoms with E-state index in [4.69, 9.17) is 9.47 Å². The third kappa shape index (κ3) is 3.64. The summed E-state index contributed by atoms with van der Waals surface area (Å²) in [5.74, 6) is 1.93. The Kier molecular flexibility index (Phi) is 4.95. The lowest BCUT2D eigenvalue weighted by molar-refractivity contribution is -0.147. The average Bonchev–Trinajstić information content (AvgIpc) is 3.47. The van der Waals surface area contributed by atoms with Crippen molar-refractivity contribution in [1.82, 2.24) is 4.90 Å². The molecule has 4 heteroatoms. The first-order chi connectivity index (χ1) is 15.0. The molecule has 2 saturated carbocycles. The molecule has 3 aliphatic heterocycles. The molecule has 31 heavy (non-hydrogen) atoms. The monoisotopic (exact) mass is 423 g/mol. The molecule has 5 fully saturated rings. The summed E-state index contributed by atoms with van der Waals surface area (Å²) in [6.07, 6.45) is 9.74. The molecule has 0 unspecified atom stereocenters. The standard InChI is InChI=1S/C27H37NO3/c1-26-10-5-11-27(18-30-27)24(26)15-21-22(25(29)31-23(21)16-26)17-28-12-8-20(9-13-28)14-19-6-3-2-4-7-19/h2-4,6-7,20-24H,5,8-18H2,1H3/t21-,22+,23+,24+,26+,27-/m0/s1. The van der Waals surface area contributed by atoms with E-state index < -0.39 is 0 Å². The van der Waals surface area contributed by atoms with Crippen molar-refractivity contribution in [1.29, 1.82) is 0 Å². The van der Waals surface area contributed by atoms with Crippen molar-refractivity contribution >= 4 is 5.97 Å². The molecule has 1 aromatic rings. The van der Waals surface area contributed by atoms with Crippen LogP contribution in [0.3, 0.4) is 0 Å². The molecule has 3 saturated heterocycles. The van der Waals surface area contributed by atoms with E-state index in [-0.39, 0.29) is 23.6 Å². The maximum atomic E-state index is 12.9. The molecular weight excluding hydrogens is 386 g/mol. The lowest BCUT2D eigenvalue weighted by atomic mass is 9.53. The summed E-state index contributed by atoms with van der Waals surface area (Å²) in [5, 5.41) is 0. The number of carbonyl (C=O) groups is 1. The molecule has 1 spiro atoms. The summed E-state index contributed by atoms with van der Waals surface area (Å²) in [5.41, 5.74) is 1.89. The van der Waals surface area contributed by atoms with E-state index in [1.54, 1.807) is 0 Å². The number of carbonyl (C=O) groups excluding carboxylic acids is 1. The highest BCUT2D eigenvalue weighted by Crippen LogP contribution is 2.62. The van der Waals surface area contributed by atoms with Crippen LogP contribution < -0.4 is 0 Å². The van der Waals surface area contributed by atoms with Crippen LogP contribution in [0.2, 0.25) is 0 Å². The van der Waals surface area contributed by atoms with E-state index in [9.17, 15) is 4.79 Å². The fourth-order valence-electron chi connectivity index (χ4n) is 7.76. The molecule has 0 N–H and O–H groups in total. The summed E-state index contributed by atoms with van der Waals surface area (Å²) in [6.45, 7) is 6.52. The highest BCUT2D eigenvalue weighted by Gasteiger charge is 2.65. The maximum Gasteiger partial charge on any atom is 0.310 e. The van der Waals surface area contributed by atoms with E-state index in [0.29, 0.717) is 17.3 Å². The second kappa shape index (κ2) is 7.59. The number of hydrogen-bond donors (Lipinski definition) is 0. The summed E-state index contributed by atoms with van der Waals surface area (Å²) >= 11 is 0. The van der Waals surface area contributed by atoms with Crippen LogP contribution >= 0.6 is 0 Å². The van der Waals surface area contributed by atoms with Gasteiger partial charge in [0.05, 0.1) is 18.1 Å². The number of hydrogen-bond acceptors (Lipinski definition) is 4. The maximum absolute atomic E-state index is 12.9. The zero-order chi connectivity index (χ0) is 21.1. The number of esters is 1. The van der Waals surface area contributed by atoms with Crippen LogP contribution in [0.25, 0.3) is 0 Å². The van der Waals surface area contributed by atoms with Gasteiger partial charge in [-0.25, -0.2) is 0 Å². The minimum atomic E-state index is 0.0675. The van der Waals surface area contributed by atoms with Gasteiger partial charge in [0.2, 0.25) is 0 Å². The number of ether oxygens (including phenoxy) is 2. The Morgan fingerprint density at radius 1 is 1.13 bits per heavy atom. The zero-order valence-electron chi connectivity index (χ0n) is 18.9. The molecule has 2 aliphatic carbocycles. The SMILES string of the molecule is C[C@]12CCC[C@]3(CO3)[C@@H]1C[C@@H]1[C@@H](C2)OC(=O)[C@@H]1CN1CCC(Cc2ccccc2)CC1. The quantitative estimate of drug-likeness (QED) is 0.529. The van der Waals surface area contributed by atoms with Crippen molar-refractivity contribution in [3.05, 3.63) is 35.9 Å². The second-order valence-corrected chi connectivity index (χ2v) is 11.5. The van der Waals surface area contributed by atoms with E-state index in [2.05, 4.69) is 42.2 Å². The Hall–Kier alpha value is -1.39. The summed E-state index contributed by atoms with van der Waals surface area (Å²) in [7, 11) is 0. The minimum Gasteiger partial charge on any atom is -0.462 e. The number of benzene rings is 1. The first-order valence-electron chi connectivity index (χ1n) is 12.7. The van der Waals surface area contributed by atoms with Gasteiger partial charge in [-0.1, -0.05) is 37.3 Å². The Balaban J connectivity index is 1.08. The molecule has 6 atom stereocenters. The van der Waals surface area contributed by atoms with Crippen LogP contribution in [0.15, 0.2) is 30.3 Å². The van der Waals surface area contributed by atoms with Gasteiger partial charge < -0.3 is 14.4 Å². The van der Waals surface area contributed by atoms with Gasteiger partial charge in [0.25, 0.3) is 0 Å². The Labute approximate surface area is 186 Å². The predicted octanol–water partition coefficient (Wildman–Crippen LogP) is 4.47. The summed E-state index contributed by atoms with van der Waals surface area (Å²) in [4.78, 5) is 15.5. The molecular formula is C27H37NO3. The number of fused-ring (bicyclic) bond motifs is 3. The van der Waals surface area contributed by atoms with Crippen molar-refractivity contribution in [2.75, 3.05) is 26.2 Å². The lowest BCUT2D eigenvalue weighted by Gasteiger charge is -2.51. The van der Waals surface area contributed by atoms with Crippen LogP contribution in [-0.4, -0.2) is 48.8 Å². The number of nitrogens with zero attached hydrogens (tertiary/aromatic N) is 1. The molecule has 0 amide bonds. The first kappa shape index (κ1) is 20.2. The van der Waals surface area contributed by atoms with E-state index >= 15 is 0 Å². The normalized spacial score (nSPS) is 42.8. The molecule has 6 rings (SSSR count). The highest BCUT2D eigenvalue weighted by molar-refractivity contribution is 5.75. The summed E-state index contributed by atoms with van der Waals surface area (Å²) in [6, 6.07) is 10.9. The number of piperidine rings is 1. The Morgan fingerprint density at radius 2 is 1.90 bits per heavy atom. The Bertz CT molecular complexity index is 813. The molecule has 1 aromatic carbocycles. The predicted molar refractivity (Wildman–Crippen MR) is 120 cm³/mol. The molecule has 3 heterocycles. The Morgan fingerprint density at radius 3 is 2.65 bits per heavy atom. The second-order valence-electron chi connectivity index (χ2n) is 11.5. The third-order valence-electron chi connectivity index (χ3n) is 9.61. The van der Waals surface area contributed by atoms with Crippen molar-refractivity contribution in [3.8, 4) is 0 Å². The smallest absolute Gasteiger partial charge is 0.310 e. The van der Waals surface area contributed by atoms with Crippen LogP contribution in [0.1, 0.15) is 57.4 Å². The van der Waals surface area contributed by atoms with Crippen LogP contribution in [-0.2, 0) is 20.7 Å². The van der Waals surface area contributed by atoms with Crippen LogP contribution in [0, 0.1) is 29.1 Å². The largest absolute Gasteiger partial charge is 0.462 e. The van der Waals surface area contributed by atoms with Gasteiger partial charge in [0.1, 0.15) is 6.10 Å². The number of likely N-dealkylation sites (tertiary alicyclic amines) is 1. The van der Waals surface area contributed by atoms with Gasteiger partial charge in [0, 0.05) is 12.5 Å². The van der Waals surface area contributed by atoms with Gasteiger partial charge in [0.15, 0.2) is 0 Å². The van der Waals surface area contributed by atoms with E-state index in [1.165, 1.54) is 44.1 Å². The van der Waals surface area contributed by atoms with Gasteiger partial charge >= 0.3 is 5.97 Å². The van der Waals surface area contributed by atoms with Crippen LogP contribution in [0.4, 0.5) is 0 Å². The zero-order valence-corrected chi connectivity index (χ0v) is 18.9. The lowest BCUT2D eigenvalue weighted by Crippen LogP contribution is -2.51. The number of rotatable bonds is 4. The fraction of sp³-hybridized carbons (Fsp3) is 0.741. The average molecular weight is 424 g/mol. The molecule has 4 nitrogen and oxygen atoms in total. The van der Waals surface area contributed by atoms with Gasteiger partial charge in [-0.05, 0) is 87.3 Å². The number of epoxide rings is 1. The van der Waals surface area contributed by atoms with Crippen molar-refractivity contribution < 1.29 is 14.3 Å². The van der Waals surface area contributed by atoms with Gasteiger partial charge in [-0.15, -0.1) is 0 Å². The molecule has 5 aliphatic rings.